The van der Waals surface area contributed by atoms with Crippen molar-refractivity contribution in [2.75, 3.05) is 7.11 Å². The lowest BCUT2D eigenvalue weighted by atomic mass is 9.94. The number of rotatable bonds is 3. The molecule has 2 aromatic carbocycles. The molecule has 0 aliphatic heterocycles. The molecule has 20 heavy (non-hydrogen) atoms. The van der Waals surface area contributed by atoms with E-state index in [0.717, 1.165) is 17.3 Å². The number of hydrogen-bond donors (Lipinski definition) is 0. The summed E-state index contributed by atoms with van der Waals surface area (Å²) in [5.74, 6) is 0.841. The van der Waals surface area contributed by atoms with Gasteiger partial charge < -0.3 is 4.74 Å². The number of Topliss-reactive ketones (excluding diaryl/α,β-unsaturated/α-hetero) is 1. The van der Waals surface area contributed by atoms with Crippen LogP contribution in [-0.2, 0) is 12.8 Å². The molecule has 0 atom stereocenters. The first-order chi connectivity index (χ1) is 9.69. The monoisotopic (exact) mass is 330 g/mol. The molecule has 0 saturated heterocycles. The van der Waals surface area contributed by atoms with Crippen molar-refractivity contribution < 1.29 is 9.53 Å². The van der Waals surface area contributed by atoms with Gasteiger partial charge in [0.25, 0.3) is 0 Å². The van der Waals surface area contributed by atoms with Crippen LogP contribution in [0, 0.1) is 5.92 Å². The van der Waals surface area contributed by atoms with Gasteiger partial charge in [-0.2, -0.15) is 0 Å². The van der Waals surface area contributed by atoms with E-state index in [4.69, 9.17) is 4.74 Å². The van der Waals surface area contributed by atoms with Crippen LogP contribution in [0.1, 0.15) is 21.5 Å². The number of hydrogen-bond acceptors (Lipinski definition) is 2. The van der Waals surface area contributed by atoms with E-state index in [9.17, 15) is 4.79 Å². The SMILES string of the molecule is COc1cc(Br)ccc1C(=O)C1Cc2ccccc2C1. The number of carbonyl (C=O) groups excluding carboxylic acids is 1. The van der Waals surface area contributed by atoms with E-state index in [-0.39, 0.29) is 11.7 Å². The first-order valence-electron chi connectivity index (χ1n) is 6.63. The fourth-order valence-corrected chi connectivity index (χ4v) is 3.17. The minimum Gasteiger partial charge on any atom is -0.496 e. The van der Waals surface area contributed by atoms with Crippen LogP contribution in [0.25, 0.3) is 0 Å². The highest BCUT2D eigenvalue weighted by atomic mass is 79.9. The molecule has 0 unspecified atom stereocenters. The minimum absolute atomic E-state index is 0.0301. The van der Waals surface area contributed by atoms with Crippen molar-refractivity contribution in [3.05, 3.63) is 63.6 Å². The van der Waals surface area contributed by atoms with E-state index in [1.165, 1.54) is 11.1 Å². The first-order valence-corrected chi connectivity index (χ1v) is 7.43. The van der Waals surface area contributed by atoms with Gasteiger partial charge in [-0.1, -0.05) is 40.2 Å². The number of benzene rings is 2. The van der Waals surface area contributed by atoms with E-state index in [2.05, 4.69) is 28.1 Å². The molecule has 0 heterocycles. The topological polar surface area (TPSA) is 26.3 Å². The lowest BCUT2D eigenvalue weighted by Gasteiger charge is -2.12. The van der Waals surface area contributed by atoms with E-state index in [1.807, 2.05) is 30.3 Å². The van der Waals surface area contributed by atoms with Crippen LogP contribution < -0.4 is 4.74 Å². The normalized spacial score (nSPS) is 14.1. The standard InChI is InChI=1S/C17H15BrO2/c1-20-16-10-14(18)6-7-15(16)17(19)13-8-11-4-2-3-5-12(11)9-13/h2-7,10,13H,8-9H2,1H3. The van der Waals surface area contributed by atoms with Crippen LogP contribution in [0.4, 0.5) is 0 Å². The highest BCUT2D eigenvalue weighted by molar-refractivity contribution is 9.10. The maximum atomic E-state index is 12.7. The Balaban J connectivity index is 1.88. The second-order valence-electron chi connectivity index (χ2n) is 5.08. The van der Waals surface area contributed by atoms with E-state index < -0.39 is 0 Å². The summed E-state index contributed by atoms with van der Waals surface area (Å²) in [6.07, 6.45) is 1.66. The maximum Gasteiger partial charge on any atom is 0.170 e. The average Bonchev–Trinajstić information content (AvgIpc) is 2.90. The lowest BCUT2D eigenvalue weighted by Crippen LogP contribution is -2.16. The quantitative estimate of drug-likeness (QED) is 0.793. The van der Waals surface area contributed by atoms with Crippen molar-refractivity contribution in [2.45, 2.75) is 12.8 Å². The largest absolute Gasteiger partial charge is 0.496 e. The van der Waals surface area contributed by atoms with Gasteiger partial charge in [0.1, 0.15) is 5.75 Å². The molecule has 0 N–H and O–H groups in total. The Hall–Kier alpha value is -1.61. The average molecular weight is 331 g/mol. The van der Waals surface area contributed by atoms with Crippen molar-refractivity contribution in [2.24, 2.45) is 5.92 Å². The van der Waals surface area contributed by atoms with Crippen LogP contribution >= 0.6 is 15.9 Å². The summed E-state index contributed by atoms with van der Waals surface area (Å²) >= 11 is 3.40. The third-order valence-electron chi connectivity index (χ3n) is 3.85. The van der Waals surface area contributed by atoms with Gasteiger partial charge in [0.2, 0.25) is 0 Å². The van der Waals surface area contributed by atoms with Gasteiger partial charge in [-0.3, -0.25) is 4.79 Å². The molecule has 2 aromatic rings. The second kappa shape index (κ2) is 5.41. The molecule has 3 heteroatoms. The number of ketones is 1. The van der Waals surface area contributed by atoms with Gasteiger partial charge in [0.15, 0.2) is 5.78 Å². The molecule has 1 aliphatic rings. The molecule has 0 spiro atoms. The molecule has 1 aliphatic carbocycles. The predicted octanol–water partition coefficient (Wildman–Crippen LogP) is 4.06. The lowest BCUT2D eigenvalue weighted by molar-refractivity contribution is 0.0921. The molecule has 0 aromatic heterocycles. The summed E-state index contributed by atoms with van der Waals surface area (Å²) in [4.78, 5) is 12.7. The number of carbonyl (C=O) groups is 1. The second-order valence-corrected chi connectivity index (χ2v) is 6.00. The van der Waals surface area contributed by atoms with Crippen molar-refractivity contribution in [3.8, 4) is 5.75 Å². The maximum absolute atomic E-state index is 12.7. The fraction of sp³-hybridized carbons (Fsp3) is 0.235. The number of methoxy groups -OCH3 is 1. The molecular formula is C17H15BrO2. The van der Waals surface area contributed by atoms with E-state index in [1.54, 1.807) is 7.11 Å². The summed E-state index contributed by atoms with van der Waals surface area (Å²) in [6, 6.07) is 13.9. The number of halogens is 1. The van der Waals surface area contributed by atoms with Crippen LogP contribution in [0.3, 0.4) is 0 Å². The molecule has 0 fully saturated rings. The number of fused-ring (bicyclic) bond motifs is 1. The third-order valence-corrected chi connectivity index (χ3v) is 4.34. The zero-order valence-corrected chi connectivity index (χ0v) is 12.8. The molecule has 0 bridgehead atoms. The molecule has 102 valence electrons. The summed E-state index contributed by atoms with van der Waals surface area (Å²) in [5.41, 5.74) is 3.26. The van der Waals surface area contributed by atoms with Gasteiger partial charge >= 0.3 is 0 Å². The Kier molecular flexibility index (Phi) is 3.62. The van der Waals surface area contributed by atoms with Gasteiger partial charge in [0, 0.05) is 10.4 Å². The van der Waals surface area contributed by atoms with Crippen molar-refractivity contribution in [1.29, 1.82) is 0 Å². The van der Waals surface area contributed by atoms with Crippen LogP contribution in [0.2, 0.25) is 0 Å². The fourth-order valence-electron chi connectivity index (χ4n) is 2.83. The van der Waals surface area contributed by atoms with Gasteiger partial charge in [0.05, 0.1) is 12.7 Å². The Bertz CT molecular complexity index is 639. The van der Waals surface area contributed by atoms with Gasteiger partial charge in [-0.25, -0.2) is 0 Å². The molecule has 2 nitrogen and oxygen atoms in total. The van der Waals surface area contributed by atoms with Crippen molar-refractivity contribution in [1.82, 2.24) is 0 Å². The molecule has 0 saturated carbocycles. The highest BCUT2D eigenvalue weighted by Crippen LogP contribution is 2.32. The molecule has 3 rings (SSSR count). The highest BCUT2D eigenvalue weighted by Gasteiger charge is 2.29. The first kappa shape index (κ1) is 13.4. The molecule has 0 amide bonds. The summed E-state index contributed by atoms with van der Waals surface area (Å²) in [6.45, 7) is 0. The zero-order valence-electron chi connectivity index (χ0n) is 11.2. The summed E-state index contributed by atoms with van der Waals surface area (Å²) in [7, 11) is 1.60. The molecule has 0 radical (unpaired) electrons. The van der Waals surface area contributed by atoms with Gasteiger partial charge in [-0.15, -0.1) is 0 Å². The van der Waals surface area contributed by atoms with Crippen LogP contribution in [-0.4, -0.2) is 12.9 Å². The Morgan fingerprint density at radius 2 is 1.80 bits per heavy atom. The Morgan fingerprint density at radius 1 is 1.15 bits per heavy atom. The third kappa shape index (κ3) is 2.38. The van der Waals surface area contributed by atoms with Crippen LogP contribution in [0.5, 0.6) is 5.75 Å². The zero-order chi connectivity index (χ0) is 14.1. The Morgan fingerprint density at radius 3 is 2.40 bits per heavy atom. The predicted molar refractivity (Wildman–Crippen MR) is 82.4 cm³/mol. The van der Waals surface area contributed by atoms with Crippen LogP contribution in [0.15, 0.2) is 46.9 Å². The smallest absolute Gasteiger partial charge is 0.170 e. The summed E-state index contributed by atoms with van der Waals surface area (Å²) in [5, 5.41) is 0. The van der Waals surface area contributed by atoms with Gasteiger partial charge in [-0.05, 0) is 42.2 Å². The number of ether oxygens (including phenoxy) is 1. The Labute approximate surface area is 126 Å². The molecular weight excluding hydrogens is 316 g/mol. The summed E-state index contributed by atoms with van der Waals surface area (Å²) < 4.78 is 6.25. The van der Waals surface area contributed by atoms with Crippen molar-refractivity contribution in [3.63, 3.8) is 0 Å². The van der Waals surface area contributed by atoms with E-state index in [0.29, 0.717) is 11.3 Å². The van der Waals surface area contributed by atoms with Crippen molar-refractivity contribution >= 4 is 21.7 Å². The minimum atomic E-state index is 0.0301. The van der Waals surface area contributed by atoms with E-state index >= 15 is 0 Å².